The van der Waals surface area contributed by atoms with Crippen molar-refractivity contribution in [1.29, 1.82) is 0 Å². The monoisotopic (exact) mass is 332 g/mol. The molecular weight excluding hydrogens is 328 g/mol. The van der Waals surface area contributed by atoms with Crippen LogP contribution in [0.3, 0.4) is 0 Å². The van der Waals surface area contributed by atoms with Crippen LogP contribution in [0.1, 0.15) is 0 Å². The van der Waals surface area contributed by atoms with Gasteiger partial charge in [0.05, 0.1) is 0 Å². The van der Waals surface area contributed by atoms with Crippen molar-refractivity contribution >= 4 is 0 Å². The Kier molecular flexibility index (Phi) is 4.63. The summed E-state index contributed by atoms with van der Waals surface area (Å²) in [7, 11) is -0.150. The molecule has 20 heavy (non-hydrogen) atoms. The third-order valence-corrected chi connectivity index (χ3v) is 2.05. The highest BCUT2D eigenvalue weighted by Gasteiger charge is 2.85. The van der Waals surface area contributed by atoms with Gasteiger partial charge in [-0.05, 0) is 0 Å². The van der Waals surface area contributed by atoms with Crippen LogP contribution < -0.4 is 0 Å². The topological polar surface area (TPSA) is 9.23 Å². The van der Waals surface area contributed by atoms with E-state index in [1.54, 1.807) is 0 Å². The normalized spacial score (nSPS) is 17.2. The fourth-order valence-corrected chi connectivity index (χ4v) is 0.861. The second-order valence-corrected chi connectivity index (χ2v) is 3.40. The number of rotatable bonds is 5. The van der Waals surface area contributed by atoms with Gasteiger partial charge >= 0.3 is 30.1 Å². The van der Waals surface area contributed by atoms with Gasteiger partial charge in [0, 0.05) is 7.11 Å². The fraction of sp³-hybridized carbons (Fsp3) is 1.00. The minimum absolute atomic E-state index is 0.150. The molecule has 0 fully saturated rings. The zero-order chi connectivity index (χ0) is 16.8. The van der Waals surface area contributed by atoms with Crippen LogP contribution in [0.5, 0.6) is 0 Å². The molecule has 1 atom stereocenters. The Balaban J connectivity index is 5.82. The van der Waals surface area contributed by atoms with E-state index in [0.29, 0.717) is 0 Å². The second kappa shape index (κ2) is 4.84. The lowest BCUT2D eigenvalue weighted by Crippen LogP contribution is -2.66. The molecule has 0 aliphatic heterocycles. The van der Waals surface area contributed by atoms with Crippen LogP contribution in [0.15, 0.2) is 0 Å². The maximum Gasteiger partial charge on any atom is 0.460 e. The predicted molar refractivity (Wildman–Crippen MR) is 37.7 cm³/mol. The first-order valence-electron chi connectivity index (χ1n) is 4.24. The summed E-state index contributed by atoms with van der Waals surface area (Å²) in [6, 6.07) is 0. The lowest BCUT2D eigenvalue weighted by atomic mass is 9.99. The first kappa shape index (κ1) is 19.1. The summed E-state index contributed by atoms with van der Waals surface area (Å²) < 4.78 is 150. The highest BCUT2D eigenvalue weighted by Crippen LogP contribution is 2.56. The van der Waals surface area contributed by atoms with Crippen molar-refractivity contribution in [3.05, 3.63) is 0 Å². The van der Waals surface area contributed by atoms with Gasteiger partial charge in [0.25, 0.3) is 6.17 Å². The summed E-state index contributed by atoms with van der Waals surface area (Å²) in [6.45, 7) is 0. The molecule has 0 radical (unpaired) electrons. The van der Waals surface area contributed by atoms with E-state index in [1.807, 2.05) is 0 Å². The molecule has 0 spiro atoms. The molecule has 0 aliphatic rings. The number of halogens is 12. The van der Waals surface area contributed by atoms with Crippen molar-refractivity contribution in [2.75, 3.05) is 7.11 Å². The first-order chi connectivity index (χ1) is 8.47. The molecule has 1 nitrogen and oxygen atoms in total. The van der Waals surface area contributed by atoms with Gasteiger partial charge in [0.1, 0.15) is 0 Å². The minimum atomic E-state index is -7.47. The first-order valence-corrected chi connectivity index (χ1v) is 4.24. The molecule has 0 bridgehead atoms. The van der Waals surface area contributed by atoms with Crippen molar-refractivity contribution in [3.8, 4) is 0 Å². The van der Waals surface area contributed by atoms with Crippen LogP contribution in [0.2, 0.25) is 0 Å². The van der Waals surface area contributed by atoms with Crippen LogP contribution in [-0.4, -0.2) is 43.3 Å². The molecule has 0 heterocycles. The van der Waals surface area contributed by atoms with E-state index in [1.165, 1.54) is 0 Å². The van der Waals surface area contributed by atoms with Crippen LogP contribution in [0.25, 0.3) is 0 Å². The molecule has 0 aliphatic carbocycles. The van der Waals surface area contributed by atoms with Gasteiger partial charge in [-0.3, -0.25) is 0 Å². The number of ether oxygens (including phenoxy) is 1. The number of hydrogen-bond donors (Lipinski definition) is 0. The van der Waals surface area contributed by atoms with Crippen molar-refractivity contribution in [3.63, 3.8) is 0 Å². The van der Waals surface area contributed by atoms with Gasteiger partial charge < -0.3 is 4.74 Å². The molecule has 0 rings (SSSR count). The van der Waals surface area contributed by atoms with Crippen LogP contribution in [0.4, 0.5) is 52.7 Å². The van der Waals surface area contributed by atoms with E-state index in [2.05, 4.69) is 4.74 Å². The Morgan fingerprint density at radius 2 is 1.05 bits per heavy atom. The summed E-state index contributed by atoms with van der Waals surface area (Å²) in [5.41, 5.74) is 0. The van der Waals surface area contributed by atoms with Gasteiger partial charge in [0.2, 0.25) is 0 Å². The Labute approximate surface area is 102 Å². The van der Waals surface area contributed by atoms with E-state index < -0.39 is 36.2 Å². The summed E-state index contributed by atoms with van der Waals surface area (Å²) in [6.07, 6.45) is -18.4. The molecule has 0 aromatic rings. The molecule has 122 valence electrons. The third-order valence-electron chi connectivity index (χ3n) is 2.05. The van der Waals surface area contributed by atoms with Crippen molar-refractivity contribution in [2.45, 2.75) is 36.2 Å². The number of hydrogen-bond acceptors (Lipinski definition) is 1. The van der Waals surface area contributed by atoms with Gasteiger partial charge in [-0.1, -0.05) is 0 Å². The fourth-order valence-electron chi connectivity index (χ4n) is 0.861. The molecule has 0 saturated heterocycles. The summed E-state index contributed by atoms with van der Waals surface area (Å²) in [4.78, 5) is 0. The Morgan fingerprint density at radius 3 is 1.30 bits per heavy atom. The summed E-state index contributed by atoms with van der Waals surface area (Å²) in [5.74, 6) is -22.0. The quantitative estimate of drug-likeness (QED) is 0.691. The Bertz CT molecular complexity index is 344. The van der Waals surface area contributed by atoms with Gasteiger partial charge in [-0.2, -0.15) is 48.3 Å². The van der Waals surface area contributed by atoms with Crippen molar-refractivity contribution < 1.29 is 57.4 Å². The highest BCUT2D eigenvalue weighted by molar-refractivity contribution is 5.05. The molecule has 0 N–H and O–H groups in total. The summed E-state index contributed by atoms with van der Waals surface area (Å²) >= 11 is 0. The molecule has 0 aromatic carbocycles. The SMILES string of the molecule is COC(F)(F)C(F)C(F)(F)C(F)(F)C(F)(F)C(F)(F)F. The highest BCUT2D eigenvalue weighted by atomic mass is 19.4. The van der Waals surface area contributed by atoms with Gasteiger partial charge in [-0.25, -0.2) is 4.39 Å². The molecule has 0 saturated carbocycles. The number of methoxy groups -OCH3 is 1. The lowest BCUT2D eigenvalue weighted by molar-refractivity contribution is -0.420. The lowest BCUT2D eigenvalue weighted by Gasteiger charge is -2.36. The second-order valence-electron chi connectivity index (χ2n) is 3.40. The Hall–Kier alpha value is -0.880. The van der Waals surface area contributed by atoms with E-state index in [4.69, 9.17) is 0 Å². The molecule has 13 heteroatoms. The molecule has 1 unspecified atom stereocenters. The molecular formula is C7H4F12O. The molecule has 0 amide bonds. The van der Waals surface area contributed by atoms with E-state index >= 15 is 0 Å². The van der Waals surface area contributed by atoms with E-state index in [-0.39, 0.29) is 7.11 Å². The van der Waals surface area contributed by atoms with Crippen LogP contribution in [0, 0.1) is 0 Å². The Morgan fingerprint density at radius 1 is 0.700 bits per heavy atom. The van der Waals surface area contributed by atoms with Crippen molar-refractivity contribution in [1.82, 2.24) is 0 Å². The van der Waals surface area contributed by atoms with Gasteiger partial charge in [0.15, 0.2) is 0 Å². The average molecular weight is 332 g/mol. The molecule has 0 aromatic heterocycles. The van der Waals surface area contributed by atoms with Crippen LogP contribution >= 0.6 is 0 Å². The van der Waals surface area contributed by atoms with Crippen molar-refractivity contribution in [2.24, 2.45) is 0 Å². The van der Waals surface area contributed by atoms with E-state index in [9.17, 15) is 52.7 Å². The maximum atomic E-state index is 12.6. The van der Waals surface area contributed by atoms with Gasteiger partial charge in [-0.15, -0.1) is 0 Å². The number of alkyl halides is 12. The minimum Gasteiger partial charge on any atom is -0.321 e. The summed E-state index contributed by atoms with van der Waals surface area (Å²) in [5, 5.41) is 0. The average Bonchev–Trinajstić information content (AvgIpc) is 2.25. The standard InChI is InChI=1S/C7H4F12O/c1-20-4(11,12)2(8)3(9,10)5(13,14)6(15,16)7(17,18)19/h2H,1H3. The zero-order valence-electron chi connectivity index (χ0n) is 9.02. The predicted octanol–water partition coefficient (Wildman–Crippen LogP) is 4.03. The van der Waals surface area contributed by atoms with Crippen LogP contribution in [-0.2, 0) is 4.74 Å². The smallest absolute Gasteiger partial charge is 0.321 e. The van der Waals surface area contributed by atoms with E-state index in [0.717, 1.165) is 0 Å². The zero-order valence-corrected chi connectivity index (χ0v) is 9.02. The maximum absolute atomic E-state index is 12.6. The third kappa shape index (κ3) is 2.63. The largest absolute Gasteiger partial charge is 0.460 e.